The van der Waals surface area contributed by atoms with Gasteiger partial charge in [0.05, 0.1) is 0 Å². The molecule has 0 saturated carbocycles. The van der Waals surface area contributed by atoms with Gasteiger partial charge in [-0.15, -0.1) is 0 Å². The summed E-state index contributed by atoms with van der Waals surface area (Å²) in [5.41, 5.74) is -0.256. The van der Waals surface area contributed by atoms with E-state index in [-0.39, 0.29) is 11.5 Å². The van der Waals surface area contributed by atoms with Crippen molar-refractivity contribution in [3.8, 4) is 0 Å². The number of halogens is 1. The maximum absolute atomic E-state index is 9.30. The molecule has 0 spiro atoms. The fourth-order valence-corrected chi connectivity index (χ4v) is 2.80. The van der Waals surface area contributed by atoms with Crippen LogP contribution < -0.4 is 0 Å². The molecule has 1 aliphatic heterocycles. The molecule has 0 bridgehead atoms. The predicted molar refractivity (Wildman–Crippen MR) is 51.2 cm³/mol. The molecule has 2 unspecified atom stereocenters. The fourth-order valence-electron chi connectivity index (χ4n) is 0.973. The quantitative estimate of drug-likeness (QED) is 0.535. The molecular weight excluding hydrogens is 199 g/mol. The van der Waals surface area contributed by atoms with E-state index in [2.05, 4.69) is 6.58 Å². The first-order valence-corrected chi connectivity index (χ1v) is 6.54. The minimum absolute atomic E-state index is 0.155. The van der Waals surface area contributed by atoms with Crippen molar-refractivity contribution in [2.45, 2.75) is 20.0 Å². The van der Waals surface area contributed by atoms with Crippen LogP contribution in [0.2, 0.25) is 0 Å². The van der Waals surface area contributed by atoms with E-state index in [1.807, 2.05) is 13.8 Å². The van der Waals surface area contributed by atoms with Gasteiger partial charge in [0.1, 0.15) is 0 Å². The van der Waals surface area contributed by atoms with Crippen molar-refractivity contribution in [1.82, 2.24) is 0 Å². The van der Waals surface area contributed by atoms with Crippen LogP contribution in [0.4, 0.5) is 0 Å². The van der Waals surface area contributed by atoms with Gasteiger partial charge in [-0.3, -0.25) is 0 Å². The zero-order chi connectivity index (χ0) is 9.41. The summed E-state index contributed by atoms with van der Waals surface area (Å²) in [5.74, 6) is 0. The molecule has 2 atom stereocenters. The molecule has 1 N–H and O–H groups in total. The van der Waals surface area contributed by atoms with E-state index in [9.17, 15) is 4.89 Å². The van der Waals surface area contributed by atoms with E-state index in [1.165, 1.54) is 0 Å². The van der Waals surface area contributed by atoms with Crippen molar-refractivity contribution in [2.24, 2.45) is 5.41 Å². The van der Waals surface area contributed by atoms with E-state index in [0.717, 1.165) is 0 Å². The van der Waals surface area contributed by atoms with Crippen LogP contribution in [0, 0.1) is 5.41 Å². The van der Waals surface area contributed by atoms with Gasteiger partial charge in [-0.05, 0) is 0 Å². The summed E-state index contributed by atoms with van der Waals surface area (Å²) in [4.78, 5) is 9.30. The monoisotopic (exact) mass is 212 g/mol. The van der Waals surface area contributed by atoms with Gasteiger partial charge in [0.2, 0.25) is 0 Å². The Morgan fingerprint density at radius 2 is 2.42 bits per heavy atom. The molecule has 0 aliphatic carbocycles. The van der Waals surface area contributed by atoms with Crippen LogP contribution in [0.25, 0.3) is 0 Å². The van der Waals surface area contributed by atoms with Crippen molar-refractivity contribution in [1.29, 1.82) is 0 Å². The fraction of sp³-hybridized carbons (Fsp3) is 0.714. The van der Waals surface area contributed by atoms with Crippen molar-refractivity contribution < 1.29 is 13.9 Å². The van der Waals surface area contributed by atoms with E-state index in [1.54, 1.807) is 6.08 Å². The molecule has 0 radical (unpaired) electrons. The second-order valence-corrected chi connectivity index (χ2v) is 6.23. The Balaban J connectivity index is 2.72. The molecular formula is C7H14ClO3P. The summed E-state index contributed by atoms with van der Waals surface area (Å²) in [7, 11) is -3.33. The maximum atomic E-state index is 9.30. The van der Waals surface area contributed by atoms with Crippen molar-refractivity contribution in [3.63, 3.8) is 0 Å². The molecule has 1 rings (SSSR count). The summed E-state index contributed by atoms with van der Waals surface area (Å²) >= 11 is 5.57. The number of hydrogen-bond acceptors (Lipinski definition) is 3. The molecule has 0 amide bonds. The van der Waals surface area contributed by atoms with Crippen LogP contribution in [-0.4, -0.2) is 17.6 Å². The van der Waals surface area contributed by atoms with Gasteiger partial charge in [-0.25, -0.2) is 0 Å². The number of hydrogen-bond donors (Lipinski definition) is 1. The minimum atomic E-state index is -3.33. The standard InChI is InChI=1S/C7H14ClO3P/c1-4-7(3)5-10-12(8,9)11-6(7)2/h4,6,9,12H,1,5H2,2-3H3. The van der Waals surface area contributed by atoms with Crippen molar-refractivity contribution >= 4 is 18.5 Å². The van der Waals surface area contributed by atoms with Gasteiger partial charge in [0.15, 0.2) is 0 Å². The third kappa shape index (κ3) is 1.98. The molecule has 0 aromatic heterocycles. The van der Waals surface area contributed by atoms with Gasteiger partial charge >= 0.3 is 77.1 Å². The van der Waals surface area contributed by atoms with Gasteiger partial charge in [0.25, 0.3) is 0 Å². The average molecular weight is 213 g/mol. The van der Waals surface area contributed by atoms with E-state index < -0.39 is 7.30 Å². The van der Waals surface area contributed by atoms with Crippen LogP contribution in [0.1, 0.15) is 13.8 Å². The summed E-state index contributed by atoms with van der Waals surface area (Å²) in [6.07, 6.45) is 1.61. The van der Waals surface area contributed by atoms with Gasteiger partial charge in [0, 0.05) is 0 Å². The van der Waals surface area contributed by atoms with Crippen LogP contribution in [-0.2, 0) is 9.05 Å². The molecule has 12 heavy (non-hydrogen) atoms. The predicted octanol–water partition coefficient (Wildman–Crippen LogP) is 2.25. The molecule has 0 aromatic carbocycles. The van der Waals surface area contributed by atoms with E-state index in [0.29, 0.717) is 6.61 Å². The molecule has 1 aliphatic rings. The van der Waals surface area contributed by atoms with Crippen LogP contribution in [0.3, 0.4) is 0 Å². The van der Waals surface area contributed by atoms with Crippen molar-refractivity contribution in [3.05, 3.63) is 12.7 Å². The average Bonchev–Trinajstić information content (AvgIpc) is 1.97. The van der Waals surface area contributed by atoms with E-state index >= 15 is 0 Å². The van der Waals surface area contributed by atoms with Crippen LogP contribution >= 0.6 is 18.5 Å². The van der Waals surface area contributed by atoms with Gasteiger partial charge < -0.3 is 0 Å². The van der Waals surface area contributed by atoms with Crippen molar-refractivity contribution in [2.75, 3.05) is 6.61 Å². The molecule has 3 nitrogen and oxygen atoms in total. The molecule has 1 saturated heterocycles. The molecule has 5 heteroatoms. The number of rotatable bonds is 1. The Bertz CT molecular complexity index is 197. The van der Waals surface area contributed by atoms with Gasteiger partial charge in [-0.1, -0.05) is 0 Å². The third-order valence-corrected chi connectivity index (χ3v) is 4.02. The Labute approximate surface area is 77.7 Å². The Kier molecular flexibility index (Phi) is 2.81. The Morgan fingerprint density at radius 1 is 1.83 bits per heavy atom. The molecule has 72 valence electrons. The Hall–Kier alpha value is 0.340. The molecule has 1 fully saturated rings. The van der Waals surface area contributed by atoms with E-state index in [4.69, 9.17) is 20.3 Å². The summed E-state index contributed by atoms with van der Waals surface area (Å²) in [6.45, 7) is 7.85. The summed E-state index contributed by atoms with van der Waals surface area (Å²) in [5, 5.41) is 0. The first kappa shape index (κ1) is 10.4. The second kappa shape index (κ2) is 3.24. The van der Waals surface area contributed by atoms with Crippen LogP contribution in [0.15, 0.2) is 12.7 Å². The second-order valence-electron chi connectivity index (χ2n) is 3.26. The first-order chi connectivity index (χ1) is 5.40. The SMILES string of the molecule is C=CC1(C)CO[PH](O)(Cl)OC1C. The van der Waals surface area contributed by atoms with Gasteiger partial charge in [-0.2, -0.15) is 0 Å². The molecule has 1 heterocycles. The first-order valence-electron chi connectivity index (χ1n) is 3.76. The zero-order valence-electron chi connectivity index (χ0n) is 7.21. The normalized spacial score (nSPS) is 43.5. The third-order valence-electron chi connectivity index (χ3n) is 2.28. The zero-order valence-corrected chi connectivity index (χ0v) is 8.97. The molecule has 0 aromatic rings. The summed E-state index contributed by atoms with van der Waals surface area (Å²) in [6, 6.07) is 0. The van der Waals surface area contributed by atoms with Crippen LogP contribution in [0.5, 0.6) is 0 Å². The topological polar surface area (TPSA) is 38.7 Å². The summed E-state index contributed by atoms with van der Waals surface area (Å²) < 4.78 is 10.2. The Morgan fingerprint density at radius 3 is 2.83 bits per heavy atom.